The van der Waals surface area contributed by atoms with Gasteiger partial charge in [-0.3, -0.25) is 13.8 Å². The Bertz CT molecular complexity index is 1220. The van der Waals surface area contributed by atoms with E-state index in [0.717, 1.165) is 44.9 Å². The lowest BCUT2D eigenvalue weighted by Gasteiger charge is -2.20. The second-order valence-electron chi connectivity index (χ2n) is 20.2. The Kier molecular flexibility index (Phi) is 57.1. The third-order valence-corrected chi connectivity index (χ3v) is 14.2. The molecule has 0 saturated heterocycles. The molecule has 2 unspecified atom stereocenters. The van der Waals surface area contributed by atoms with Gasteiger partial charge in [0.1, 0.15) is 6.10 Å². The van der Waals surface area contributed by atoms with Gasteiger partial charge in [0.2, 0.25) is 0 Å². The molecule has 0 heterocycles. The van der Waals surface area contributed by atoms with Crippen LogP contribution in [-0.2, 0) is 27.9 Å². The molecule has 0 aliphatic carbocycles. The van der Waals surface area contributed by atoms with E-state index in [9.17, 15) is 14.3 Å². The van der Waals surface area contributed by atoms with Crippen molar-refractivity contribution in [3.05, 3.63) is 48.6 Å². The number of carbonyl (C=O) groups excluding carboxylic acids is 1. The van der Waals surface area contributed by atoms with E-state index in [0.29, 0.717) is 13.0 Å². The van der Waals surface area contributed by atoms with Crippen LogP contribution < -0.4 is 5.73 Å². The summed E-state index contributed by atoms with van der Waals surface area (Å²) in [5.41, 5.74) is 5.41. The van der Waals surface area contributed by atoms with Crippen LogP contribution in [-0.4, -0.2) is 49.9 Å². The number of ether oxygens (including phenoxy) is 2. The monoisotopic (exact) mass is 1010 g/mol. The molecule has 0 rings (SSSR count). The Labute approximate surface area is 434 Å². The van der Waals surface area contributed by atoms with Crippen molar-refractivity contribution in [2.24, 2.45) is 5.73 Å². The Morgan fingerprint density at radius 2 is 0.757 bits per heavy atom. The van der Waals surface area contributed by atoms with Crippen LogP contribution in [0.25, 0.3) is 0 Å². The number of rotatable bonds is 58. The van der Waals surface area contributed by atoms with E-state index in [1.807, 2.05) is 0 Å². The summed E-state index contributed by atoms with van der Waals surface area (Å²) in [4.78, 5) is 22.7. The number of hydrogen-bond acceptors (Lipinski definition) is 7. The molecule has 0 saturated carbocycles. The maximum Gasteiger partial charge on any atom is 0.472 e. The van der Waals surface area contributed by atoms with E-state index in [4.69, 9.17) is 24.3 Å². The Hall–Kier alpha value is -1.54. The van der Waals surface area contributed by atoms with Gasteiger partial charge in [0.05, 0.1) is 19.8 Å². The van der Waals surface area contributed by atoms with Gasteiger partial charge in [0.25, 0.3) is 0 Å². The third kappa shape index (κ3) is 57.4. The molecule has 9 heteroatoms. The minimum atomic E-state index is -4.29. The Balaban J connectivity index is 3.86. The van der Waals surface area contributed by atoms with Crippen LogP contribution in [0.4, 0.5) is 0 Å². The highest BCUT2D eigenvalue weighted by Gasteiger charge is 2.25. The van der Waals surface area contributed by atoms with Gasteiger partial charge in [0.15, 0.2) is 0 Å². The second kappa shape index (κ2) is 58.4. The fraction of sp³-hybridized carbons (Fsp3) is 0.852. The first kappa shape index (κ1) is 68.5. The number of nitrogens with two attached hydrogens (primary N) is 1. The van der Waals surface area contributed by atoms with Gasteiger partial charge >= 0.3 is 13.8 Å². The second-order valence-corrected chi connectivity index (χ2v) is 21.7. The number of carbonyl (C=O) groups is 1. The average molecular weight is 1010 g/mol. The molecule has 0 fully saturated rings. The van der Waals surface area contributed by atoms with E-state index < -0.39 is 13.9 Å². The summed E-state index contributed by atoms with van der Waals surface area (Å²) in [5.74, 6) is -0.327. The predicted octanol–water partition coefficient (Wildman–Crippen LogP) is 19.4. The lowest BCUT2D eigenvalue weighted by molar-refractivity contribution is -0.154. The van der Waals surface area contributed by atoms with Crippen LogP contribution in [0.1, 0.15) is 296 Å². The van der Waals surface area contributed by atoms with Crippen LogP contribution in [0.15, 0.2) is 48.6 Å². The fourth-order valence-electron chi connectivity index (χ4n) is 8.77. The zero-order valence-electron chi connectivity index (χ0n) is 46.3. The first-order valence-electron chi connectivity index (χ1n) is 30.1. The molecule has 0 aromatic carbocycles. The average Bonchev–Trinajstić information content (AvgIpc) is 3.35. The van der Waals surface area contributed by atoms with Crippen molar-refractivity contribution in [2.45, 2.75) is 302 Å². The van der Waals surface area contributed by atoms with Crippen molar-refractivity contribution in [3.8, 4) is 0 Å². The zero-order chi connectivity index (χ0) is 50.8. The number of unbranched alkanes of at least 4 members (excludes halogenated alkanes) is 37. The van der Waals surface area contributed by atoms with Gasteiger partial charge in [-0.25, -0.2) is 4.57 Å². The molecule has 8 nitrogen and oxygen atoms in total. The standard InChI is InChI=1S/C61H116NO7P/c1-3-5-7-9-11-13-15-17-19-21-23-25-27-29-31-33-35-37-39-41-43-45-47-49-51-53-56-66-58-60(59-68-70(64,65)67-57-55-62)69-61(63)54-52-50-48-46-44-42-40-38-36-34-32-30-28-26-24-22-20-18-16-14-12-10-8-6-4-2/h15,17,21-24,27,29,60H,3-14,16,18-20,25-26,28,30-59,62H2,1-2H3,(H,64,65)/b17-15-,23-21-,24-22-,29-27-. The van der Waals surface area contributed by atoms with Gasteiger partial charge < -0.3 is 20.1 Å². The van der Waals surface area contributed by atoms with Crippen molar-refractivity contribution < 1.29 is 32.8 Å². The van der Waals surface area contributed by atoms with Crippen molar-refractivity contribution in [2.75, 3.05) is 33.0 Å². The zero-order valence-corrected chi connectivity index (χ0v) is 47.2. The van der Waals surface area contributed by atoms with Gasteiger partial charge in [-0.2, -0.15) is 0 Å². The molecule has 0 aromatic heterocycles. The number of phosphoric acid groups is 1. The van der Waals surface area contributed by atoms with Gasteiger partial charge in [-0.05, 0) is 77.0 Å². The highest BCUT2D eigenvalue weighted by Crippen LogP contribution is 2.43. The van der Waals surface area contributed by atoms with E-state index >= 15 is 0 Å². The van der Waals surface area contributed by atoms with Gasteiger partial charge in [-0.1, -0.05) is 262 Å². The smallest absolute Gasteiger partial charge is 0.457 e. The summed E-state index contributed by atoms with van der Waals surface area (Å²) in [7, 11) is -4.29. The van der Waals surface area contributed by atoms with Crippen molar-refractivity contribution in [1.29, 1.82) is 0 Å². The van der Waals surface area contributed by atoms with Crippen LogP contribution in [0, 0.1) is 0 Å². The Morgan fingerprint density at radius 1 is 0.429 bits per heavy atom. The Morgan fingerprint density at radius 3 is 1.14 bits per heavy atom. The minimum absolute atomic E-state index is 0.0958. The molecule has 0 amide bonds. The fourth-order valence-corrected chi connectivity index (χ4v) is 9.53. The highest BCUT2D eigenvalue weighted by molar-refractivity contribution is 7.47. The van der Waals surface area contributed by atoms with Crippen LogP contribution in [0.3, 0.4) is 0 Å². The predicted molar refractivity (Wildman–Crippen MR) is 303 cm³/mol. The molecule has 0 aliphatic heterocycles. The number of hydrogen-bond donors (Lipinski definition) is 2. The molecule has 412 valence electrons. The molecule has 0 aliphatic rings. The van der Waals surface area contributed by atoms with Crippen molar-refractivity contribution in [3.63, 3.8) is 0 Å². The molecular weight excluding hydrogens is 890 g/mol. The third-order valence-electron chi connectivity index (χ3n) is 13.2. The van der Waals surface area contributed by atoms with Crippen LogP contribution in [0.2, 0.25) is 0 Å². The largest absolute Gasteiger partial charge is 0.472 e. The first-order chi connectivity index (χ1) is 34.4. The van der Waals surface area contributed by atoms with E-state index in [-0.39, 0.29) is 32.3 Å². The van der Waals surface area contributed by atoms with Gasteiger partial charge in [0, 0.05) is 19.6 Å². The number of allylic oxidation sites excluding steroid dienone is 8. The normalized spacial score (nSPS) is 13.5. The van der Waals surface area contributed by atoms with Crippen molar-refractivity contribution in [1.82, 2.24) is 0 Å². The summed E-state index contributed by atoms with van der Waals surface area (Å²) in [6.45, 7) is 4.96. The van der Waals surface area contributed by atoms with E-state index in [2.05, 4.69) is 62.5 Å². The quantitative estimate of drug-likeness (QED) is 0.0268. The van der Waals surface area contributed by atoms with E-state index in [1.165, 1.54) is 231 Å². The van der Waals surface area contributed by atoms with Gasteiger partial charge in [-0.15, -0.1) is 0 Å². The SMILES string of the molecule is CCCCCCC/C=C\C/C=C\C/C=C\CCCCCCCCCCCCCOCC(COP(=O)(O)OCCN)OC(=O)CCCCCCCCCCCCCCC/C=C\CCCCCCCCCC. The summed E-state index contributed by atoms with van der Waals surface area (Å²) in [5, 5.41) is 0. The maximum atomic E-state index is 12.7. The maximum absolute atomic E-state index is 12.7. The molecule has 0 bridgehead atoms. The summed E-state index contributed by atoms with van der Waals surface area (Å²) in [6, 6.07) is 0. The van der Waals surface area contributed by atoms with Crippen LogP contribution >= 0.6 is 7.82 Å². The van der Waals surface area contributed by atoms with Crippen LogP contribution in [0.5, 0.6) is 0 Å². The molecule has 0 aromatic rings. The topological polar surface area (TPSA) is 117 Å². The lowest BCUT2D eigenvalue weighted by Crippen LogP contribution is -2.28. The highest BCUT2D eigenvalue weighted by atomic mass is 31.2. The molecule has 0 radical (unpaired) electrons. The minimum Gasteiger partial charge on any atom is -0.457 e. The summed E-state index contributed by atoms with van der Waals surface area (Å²) in [6.07, 6.45) is 73.1. The molecule has 2 atom stereocenters. The van der Waals surface area contributed by atoms with E-state index in [1.54, 1.807) is 0 Å². The first-order valence-corrected chi connectivity index (χ1v) is 31.6. The molecular formula is C61H116NO7P. The summed E-state index contributed by atoms with van der Waals surface area (Å²) >= 11 is 0. The molecule has 3 N–H and O–H groups in total. The summed E-state index contributed by atoms with van der Waals surface area (Å²) < 4.78 is 33.7. The molecule has 0 spiro atoms. The number of esters is 1. The lowest BCUT2D eigenvalue weighted by atomic mass is 10.0. The number of phosphoric ester groups is 1. The molecule has 70 heavy (non-hydrogen) atoms. The van der Waals surface area contributed by atoms with Crippen molar-refractivity contribution >= 4 is 13.8 Å².